The zero-order valence-corrected chi connectivity index (χ0v) is 17.3. The van der Waals surface area contributed by atoms with Gasteiger partial charge in [-0.05, 0) is 44.9 Å². The average Bonchev–Trinajstić information content (AvgIpc) is 3.45. The number of aliphatic hydroxyl groups excluding tert-OH is 1. The summed E-state index contributed by atoms with van der Waals surface area (Å²) < 4.78 is 5.68. The van der Waals surface area contributed by atoms with E-state index in [0.29, 0.717) is 25.2 Å². The molecule has 0 aromatic heterocycles. The van der Waals surface area contributed by atoms with E-state index in [9.17, 15) is 4.79 Å². The SMILES string of the molecule is CCC=CCC=CCC=CCC1OC1CC=CCC=CCCC(=O)NCCO. The Morgan fingerprint density at radius 1 is 0.857 bits per heavy atom. The number of carbonyl (C=O) groups is 1. The fourth-order valence-corrected chi connectivity index (χ4v) is 2.65. The van der Waals surface area contributed by atoms with Crippen LogP contribution in [0.2, 0.25) is 0 Å². The van der Waals surface area contributed by atoms with Crippen LogP contribution in [-0.4, -0.2) is 36.4 Å². The fraction of sp³-hybridized carbons (Fsp3) is 0.542. The van der Waals surface area contributed by atoms with Gasteiger partial charge >= 0.3 is 0 Å². The number of amides is 1. The average molecular weight is 388 g/mol. The highest BCUT2D eigenvalue weighted by Gasteiger charge is 2.35. The molecule has 1 aliphatic heterocycles. The smallest absolute Gasteiger partial charge is 0.220 e. The van der Waals surface area contributed by atoms with Crippen molar-refractivity contribution in [2.24, 2.45) is 0 Å². The standard InChI is InChI=1S/C24H37NO3/c1-2-3-4-5-6-7-8-11-14-17-22-23(28-22)18-15-12-9-10-13-16-19-24(27)25-20-21-26/h3-4,6-7,10-15,22-23,26H,2,5,8-9,16-21H2,1H3,(H,25,27). The van der Waals surface area contributed by atoms with Gasteiger partial charge in [0.05, 0.1) is 18.8 Å². The third kappa shape index (κ3) is 14.2. The first-order valence-electron chi connectivity index (χ1n) is 10.6. The summed E-state index contributed by atoms with van der Waals surface area (Å²) in [6, 6.07) is 0. The molecule has 1 heterocycles. The fourth-order valence-electron chi connectivity index (χ4n) is 2.65. The summed E-state index contributed by atoms with van der Waals surface area (Å²) in [5.74, 6) is -0.0136. The first kappa shape index (κ1) is 24.1. The predicted octanol–water partition coefficient (Wildman–Crippen LogP) is 4.78. The van der Waals surface area contributed by atoms with Crippen LogP contribution in [0.4, 0.5) is 0 Å². The van der Waals surface area contributed by atoms with E-state index >= 15 is 0 Å². The van der Waals surface area contributed by atoms with Crippen LogP contribution in [0.1, 0.15) is 58.3 Å². The summed E-state index contributed by atoms with van der Waals surface area (Å²) in [7, 11) is 0. The lowest BCUT2D eigenvalue weighted by Gasteiger charge is -1.99. The van der Waals surface area contributed by atoms with Crippen LogP contribution in [0, 0.1) is 0 Å². The van der Waals surface area contributed by atoms with Crippen molar-refractivity contribution in [2.75, 3.05) is 13.2 Å². The predicted molar refractivity (Wildman–Crippen MR) is 117 cm³/mol. The molecule has 4 nitrogen and oxygen atoms in total. The van der Waals surface area contributed by atoms with Crippen molar-refractivity contribution in [3.05, 3.63) is 60.8 Å². The van der Waals surface area contributed by atoms with Crippen molar-refractivity contribution >= 4 is 5.91 Å². The van der Waals surface area contributed by atoms with E-state index < -0.39 is 0 Å². The Kier molecular flexibility index (Phi) is 14.8. The van der Waals surface area contributed by atoms with Crippen LogP contribution in [0.5, 0.6) is 0 Å². The molecule has 2 atom stereocenters. The lowest BCUT2D eigenvalue weighted by molar-refractivity contribution is -0.121. The minimum absolute atomic E-state index is 0.0111. The Balaban J connectivity index is 1.96. The zero-order chi connectivity index (χ0) is 20.3. The largest absolute Gasteiger partial charge is 0.395 e. The summed E-state index contributed by atoms with van der Waals surface area (Å²) >= 11 is 0. The molecular weight excluding hydrogens is 350 g/mol. The Bertz CT molecular complexity index is 546. The van der Waals surface area contributed by atoms with E-state index in [1.54, 1.807) is 0 Å². The molecule has 156 valence electrons. The van der Waals surface area contributed by atoms with E-state index in [2.05, 4.69) is 66.9 Å². The van der Waals surface area contributed by atoms with Crippen LogP contribution in [-0.2, 0) is 9.53 Å². The maximum atomic E-state index is 11.3. The van der Waals surface area contributed by atoms with Crippen LogP contribution in [0.3, 0.4) is 0 Å². The van der Waals surface area contributed by atoms with E-state index in [4.69, 9.17) is 9.84 Å². The van der Waals surface area contributed by atoms with Crippen LogP contribution in [0.25, 0.3) is 0 Å². The number of nitrogens with one attached hydrogen (secondary N) is 1. The highest BCUT2D eigenvalue weighted by atomic mass is 16.6. The number of rotatable bonds is 16. The van der Waals surface area contributed by atoms with Gasteiger partial charge in [0.15, 0.2) is 0 Å². The minimum Gasteiger partial charge on any atom is -0.395 e. The van der Waals surface area contributed by atoms with Crippen molar-refractivity contribution < 1.29 is 14.6 Å². The molecule has 0 aromatic carbocycles. The molecule has 2 N–H and O–H groups in total. The normalized spacial score (nSPS) is 19.8. The molecular formula is C24H37NO3. The molecule has 4 heteroatoms. The van der Waals surface area contributed by atoms with Gasteiger partial charge in [0.2, 0.25) is 5.91 Å². The molecule has 28 heavy (non-hydrogen) atoms. The van der Waals surface area contributed by atoms with Gasteiger partial charge in [-0.2, -0.15) is 0 Å². The summed E-state index contributed by atoms with van der Waals surface area (Å²) in [6.07, 6.45) is 29.6. The summed E-state index contributed by atoms with van der Waals surface area (Å²) in [5.41, 5.74) is 0. The molecule has 1 saturated heterocycles. The summed E-state index contributed by atoms with van der Waals surface area (Å²) in [6.45, 7) is 2.47. The molecule has 1 rings (SSSR count). The Morgan fingerprint density at radius 3 is 1.96 bits per heavy atom. The van der Waals surface area contributed by atoms with Gasteiger partial charge in [0, 0.05) is 13.0 Å². The van der Waals surface area contributed by atoms with Crippen molar-refractivity contribution in [1.29, 1.82) is 0 Å². The van der Waals surface area contributed by atoms with Crippen molar-refractivity contribution in [2.45, 2.75) is 70.5 Å². The first-order chi connectivity index (χ1) is 13.8. The van der Waals surface area contributed by atoms with Gasteiger partial charge in [-0.25, -0.2) is 0 Å². The van der Waals surface area contributed by atoms with Gasteiger partial charge < -0.3 is 15.2 Å². The highest BCUT2D eigenvalue weighted by Crippen LogP contribution is 2.29. The molecule has 0 bridgehead atoms. The van der Waals surface area contributed by atoms with E-state index in [1.165, 1.54) is 0 Å². The molecule has 0 spiro atoms. The molecule has 1 aliphatic rings. The number of ether oxygens (including phenoxy) is 1. The third-order valence-corrected chi connectivity index (χ3v) is 4.28. The number of carbonyl (C=O) groups excluding carboxylic acids is 1. The number of aliphatic hydroxyl groups is 1. The number of epoxide rings is 1. The summed E-state index contributed by atoms with van der Waals surface area (Å²) in [5, 5.41) is 11.3. The van der Waals surface area contributed by atoms with E-state index in [1.807, 2.05) is 6.08 Å². The summed E-state index contributed by atoms with van der Waals surface area (Å²) in [4.78, 5) is 11.3. The van der Waals surface area contributed by atoms with Crippen LogP contribution >= 0.6 is 0 Å². The Labute approximate surface area is 170 Å². The number of hydrogen-bond acceptors (Lipinski definition) is 3. The minimum atomic E-state index is -0.0136. The van der Waals surface area contributed by atoms with Crippen LogP contribution in [0.15, 0.2) is 60.8 Å². The molecule has 0 radical (unpaired) electrons. The quantitative estimate of drug-likeness (QED) is 0.296. The lowest BCUT2D eigenvalue weighted by Crippen LogP contribution is -2.25. The van der Waals surface area contributed by atoms with Crippen molar-refractivity contribution in [3.8, 4) is 0 Å². The van der Waals surface area contributed by atoms with E-state index in [-0.39, 0.29) is 12.5 Å². The number of hydrogen-bond donors (Lipinski definition) is 2. The van der Waals surface area contributed by atoms with Crippen molar-refractivity contribution in [3.63, 3.8) is 0 Å². The maximum absolute atomic E-state index is 11.3. The molecule has 1 fully saturated rings. The van der Waals surface area contributed by atoms with Gasteiger partial charge in [0.25, 0.3) is 0 Å². The Hall–Kier alpha value is -1.91. The third-order valence-electron chi connectivity index (χ3n) is 4.28. The first-order valence-corrected chi connectivity index (χ1v) is 10.6. The Morgan fingerprint density at radius 2 is 1.39 bits per heavy atom. The number of allylic oxidation sites excluding steroid dienone is 8. The lowest BCUT2D eigenvalue weighted by atomic mass is 10.1. The zero-order valence-electron chi connectivity index (χ0n) is 17.3. The second-order valence-electron chi connectivity index (χ2n) is 6.77. The second kappa shape index (κ2) is 17.2. The topological polar surface area (TPSA) is 61.9 Å². The molecule has 0 aromatic rings. The maximum Gasteiger partial charge on any atom is 0.220 e. The van der Waals surface area contributed by atoms with E-state index in [0.717, 1.165) is 44.9 Å². The molecule has 0 aliphatic carbocycles. The monoisotopic (exact) mass is 387 g/mol. The van der Waals surface area contributed by atoms with Crippen molar-refractivity contribution in [1.82, 2.24) is 5.32 Å². The van der Waals surface area contributed by atoms with Gasteiger partial charge in [-0.1, -0.05) is 67.7 Å². The van der Waals surface area contributed by atoms with Gasteiger partial charge in [-0.15, -0.1) is 0 Å². The molecule has 0 saturated carbocycles. The van der Waals surface area contributed by atoms with Gasteiger partial charge in [0.1, 0.15) is 0 Å². The molecule has 1 amide bonds. The highest BCUT2D eigenvalue weighted by molar-refractivity contribution is 5.75. The van der Waals surface area contributed by atoms with Crippen LogP contribution < -0.4 is 5.32 Å². The second-order valence-corrected chi connectivity index (χ2v) is 6.77. The molecule has 2 unspecified atom stereocenters. The van der Waals surface area contributed by atoms with Gasteiger partial charge in [-0.3, -0.25) is 4.79 Å².